The van der Waals surface area contributed by atoms with Gasteiger partial charge in [0, 0.05) is 36.2 Å². The van der Waals surface area contributed by atoms with Gasteiger partial charge in [0.2, 0.25) is 0 Å². The van der Waals surface area contributed by atoms with Crippen LogP contribution in [-0.4, -0.2) is 28.5 Å². The molecule has 0 spiro atoms. The highest BCUT2D eigenvalue weighted by Crippen LogP contribution is 2.28. The van der Waals surface area contributed by atoms with Crippen molar-refractivity contribution in [2.75, 3.05) is 13.6 Å². The molecule has 2 heterocycles. The molecule has 0 fully saturated rings. The second-order valence-electron chi connectivity index (χ2n) is 5.28. The summed E-state index contributed by atoms with van der Waals surface area (Å²) >= 11 is 5.29. The van der Waals surface area contributed by atoms with Crippen molar-refractivity contribution in [2.24, 2.45) is 5.73 Å². The molecule has 2 N–H and O–H groups in total. The van der Waals surface area contributed by atoms with E-state index in [-0.39, 0.29) is 0 Å². The number of hydrogen-bond acceptors (Lipinski definition) is 3. The molecule has 0 bridgehead atoms. The summed E-state index contributed by atoms with van der Waals surface area (Å²) in [6, 6.07) is 6.27. The van der Waals surface area contributed by atoms with Crippen LogP contribution in [0, 0.1) is 6.92 Å². The summed E-state index contributed by atoms with van der Waals surface area (Å²) < 4.78 is 0. The van der Waals surface area contributed by atoms with Gasteiger partial charge in [-0.2, -0.15) is 0 Å². The maximum atomic E-state index is 5.98. The van der Waals surface area contributed by atoms with Crippen LogP contribution >= 0.6 is 12.2 Å². The third-order valence-corrected chi connectivity index (χ3v) is 3.94. The Kier molecular flexibility index (Phi) is 2.99. The summed E-state index contributed by atoms with van der Waals surface area (Å²) in [5.41, 5.74) is 11.6. The van der Waals surface area contributed by atoms with Gasteiger partial charge < -0.3 is 10.6 Å². The van der Waals surface area contributed by atoms with Gasteiger partial charge in [-0.3, -0.25) is 4.98 Å². The first-order chi connectivity index (χ1) is 9.06. The lowest BCUT2D eigenvalue weighted by atomic mass is 9.95. The Labute approximate surface area is 118 Å². The van der Waals surface area contributed by atoms with Crippen molar-refractivity contribution in [3.63, 3.8) is 0 Å². The fraction of sp³-hybridized carbons (Fsp3) is 0.333. The van der Waals surface area contributed by atoms with E-state index in [4.69, 9.17) is 22.9 Å². The topological polar surface area (TPSA) is 42.1 Å². The molecule has 0 unspecified atom stereocenters. The van der Waals surface area contributed by atoms with Crippen molar-refractivity contribution in [1.29, 1.82) is 0 Å². The van der Waals surface area contributed by atoms with Gasteiger partial charge >= 0.3 is 0 Å². The van der Waals surface area contributed by atoms with E-state index >= 15 is 0 Å². The van der Waals surface area contributed by atoms with Gasteiger partial charge in [-0.1, -0.05) is 23.8 Å². The first-order valence-electron chi connectivity index (χ1n) is 6.46. The van der Waals surface area contributed by atoms with E-state index in [1.807, 2.05) is 0 Å². The van der Waals surface area contributed by atoms with Crippen LogP contribution in [0.3, 0.4) is 0 Å². The summed E-state index contributed by atoms with van der Waals surface area (Å²) in [6.45, 7) is 3.99. The Morgan fingerprint density at radius 3 is 2.95 bits per heavy atom. The normalized spacial score (nSPS) is 15.5. The van der Waals surface area contributed by atoms with Gasteiger partial charge in [0.25, 0.3) is 0 Å². The molecule has 1 aromatic carbocycles. The highest BCUT2D eigenvalue weighted by atomic mass is 32.1. The number of nitrogens with two attached hydrogens (primary N) is 1. The summed E-state index contributed by atoms with van der Waals surface area (Å²) in [7, 11) is 2.12. The zero-order valence-corrected chi connectivity index (χ0v) is 12.0. The Bertz CT molecular complexity index is 679. The molecular formula is C15H17N3S. The van der Waals surface area contributed by atoms with E-state index in [1.54, 1.807) is 0 Å². The third kappa shape index (κ3) is 2.11. The predicted octanol–water partition coefficient (Wildman–Crippen LogP) is 2.17. The first kappa shape index (κ1) is 12.5. The van der Waals surface area contributed by atoms with Gasteiger partial charge in [0.15, 0.2) is 0 Å². The number of pyridine rings is 1. The van der Waals surface area contributed by atoms with Crippen molar-refractivity contribution < 1.29 is 0 Å². The number of benzene rings is 1. The Morgan fingerprint density at radius 1 is 1.42 bits per heavy atom. The molecular weight excluding hydrogens is 254 g/mol. The standard InChI is InChI=1S/C15H17N3S/c1-9-3-4-12-10(7-9)14(15(16)19)11-8-18(2)6-5-13(11)17-12/h3-4,7H,5-6,8H2,1-2H3,(H2,16,19). The van der Waals surface area contributed by atoms with Crippen LogP contribution in [0.4, 0.5) is 0 Å². The number of fused-ring (bicyclic) bond motifs is 2. The van der Waals surface area contributed by atoms with Gasteiger partial charge in [0.1, 0.15) is 4.99 Å². The summed E-state index contributed by atoms with van der Waals surface area (Å²) in [6.07, 6.45) is 0.964. The van der Waals surface area contributed by atoms with Crippen LogP contribution in [-0.2, 0) is 13.0 Å². The lowest BCUT2D eigenvalue weighted by Crippen LogP contribution is -2.30. The molecule has 3 nitrogen and oxygen atoms in total. The molecule has 98 valence electrons. The fourth-order valence-electron chi connectivity index (χ4n) is 2.77. The minimum absolute atomic E-state index is 0.476. The lowest BCUT2D eigenvalue weighted by Gasteiger charge is -2.27. The molecule has 2 aromatic rings. The van der Waals surface area contributed by atoms with Crippen LogP contribution in [0.25, 0.3) is 10.9 Å². The number of nitrogens with zero attached hydrogens (tertiary/aromatic N) is 2. The number of thiocarbonyl (C=S) groups is 1. The molecule has 1 aliphatic rings. The molecule has 1 aromatic heterocycles. The van der Waals surface area contributed by atoms with Crippen LogP contribution in [0.1, 0.15) is 22.4 Å². The lowest BCUT2D eigenvalue weighted by molar-refractivity contribution is 0.310. The maximum Gasteiger partial charge on any atom is 0.105 e. The predicted molar refractivity (Wildman–Crippen MR) is 82.4 cm³/mol. The average Bonchev–Trinajstić information content (AvgIpc) is 2.35. The summed E-state index contributed by atoms with van der Waals surface area (Å²) in [5.74, 6) is 0. The van der Waals surface area contributed by atoms with Crippen molar-refractivity contribution in [3.05, 3.63) is 40.6 Å². The van der Waals surface area contributed by atoms with Crippen molar-refractivity contribution in [2.45, 2.75) is 19.9 Å². The van der Waals surface area contributed by atoms with Crippen LogP contribution in [0.5, 0.6) is 0 Å². The number of aryl methyl sites for hydroxylation is 1. The molecule has 0 aliphatic carbocycles. The van der Waals surface area contributed by atoms with Crippen LogP contribution in [0.2, 0.25) is 0 Å². The highest BCUT2D eigenvalue weighted by molar-refractivity contribution is 7.80. The maximum absolute atomic E-state index is 5.98. The molecule has 4 heteroatoms. The Balaban J connectivity index is 2.37. The van der Waals surface area contributed by atoms with Crippen LogP contribution < -0.4 is 5.73 Å². The third-order valence-electron chi connectivity index (χ3n) is 3.73. The zero-order valence-electron chi connectivity index (χ0n) is 11.2. The monoisotopic (exact) mass is 271 g/mol. The van der Waals surface area contributed by atoms with Gasteiger partial charge in [0.05, 0.1) is 5.52 Å². The largest absolute Gasteiger partial charge is 0.389 e. The van der Waals surface area contributed by atoms with Gasteiger partial charge in [-0.25, -0.2) is 0 Å². The van der Waals surface area contributed by atoms with E-state index < -0.39 is 0 Å². The Morgan fingerprint density at radius 2 is 2.21 bits per heavy atom. The first-order valence-corrected chi connectivity index (χ1v) is 6.87. The van der Waals surface area contributed by atoms with E-state index in [1.165, 1.54) is 11.1 Å². The van der Waals surface area contributed by atoms with Crippen LogP contribution in [0.15, 0.2) is 18.2 Å². The second kappa shape index (κ2) is 4.54. The number of rotatable bonds is 1. The van der Waals surface area contributed by atoms with E-state index in [0.29, 0.717) is 4.99 Å². The quantitative estimate of drug-likeness (QED) is 0.807. The highest BCUT2D eigenvalue weighted by Gasteiger charge is 2.21. The summed E-state index contributed by atoms with van der Waals surface area (Å²) in [5, 5.41) is 1.08. The smallest absolute Gasteiger partial charge is 0.105 e. The number of likely N-dealkylation sites (N-methyl/N-ethyl adjacent to an activating group) is 1. The molecule has 3 rings (SSSR count). The minimum Gasteiger partial charge on any atom is -0.389 e. The fourth-order valence-corrected chi connectivity index (χ4v) is 3.00. The SMILES string of the molecule is Cc1ccc2nc3c(c(C(N)=S)c2c1)CN(C)CC3. The van der Waals surface area contributed by atoms with Crippen molar-refractivity contribution in [3.8, 4) is 0 Å². The Hall–Kier alpha value is -1.52. The zero-order chi connectivity index (χ0) is 13.6. The van der Waals surface area contributed by atoms with Gasteiger partial charge in [-0.15, -0.1) is 0 Å². The van der Waals surface area contributed by atoms with Crippen molar-refractivity contribution >= 4 is 28.1 Å². The van der Waals surface area contributed by atoms with E-state index in [9.17, 15) is 0 Å². The number of hydrogen-bond donors (Lipinski definition) is 1. The molecule has 1 aliphatic heterocycles. The minimum atomic E-state index is 0.476. The molecule has 0 saturated carbocycles. The van der Waals surface area contributed by atoms with Gasteiger partial charge in [-0.05, 0) is 31.7 Å². The second-order valence-corrected chi connectivity index (χ2v) is 5.72. The van der Waals surface area contributed by atoms with E-state index in [2.05, 4.69) is 37.1 Å². The molecule has 0 amide bonds. The molecule has 0 radical (unpaired) electrons. The van der Waals surface area contributed by atoms with Crippen molar-refractivity contribution in [1.82, 2.24) is 9.88 Å². The molecule has 19 heavy (non-hydrogen) atoms. The van der Waals surface area contributed by atoms with E-state index in [0.717, 1.165) is 41.7 Å². The average molecular weight is 271 g/mol. The molecule has 0 saturated heterocycles. The molecule has 0 atom stereocenters. The number of aromatic nitrogens is 1. The summed E-state index contributed by atoms with van der Waals surface area (Å²) in [4.78, 5) is 7.55.